The van der Waals surface area contributed by atoms with Crippen LogP contribution in [0.4, 0.5) is 0 Å². The van der Waals surface area contributed by atoms with Crippen molar-refractivity contribution >= 4 is 35.1 Å². The molecule has 0 aliphatic heterocycles. The van der Waals surface area contributed by atoms with Crippen LogP contribution >= 0.6 is 0 Å². The molecule has 2 aromatic carbocycles. The average Bonchev–Trinajstić information content (AvgIpc) is 3.29. The maximum Gasteiger partial charge on any atom is 2.00 e. The third kappa shape index (κ3) is 24.6. The molecule has 2 aliphatic carbocycles. The molecule has 0 saturated carbocycles. The number of hydrogen-bond donors (Lipinski definition) is 0. The van der Waals surface area contributed by atoms with Gasteiger partial charge >= 0.3 is 17.1 Å². The van der Waals surface area contributed by atoms with E-state index in [1.165, 1.54) is 89.2 Å². The zero-order chi connectivity index (χ0) is 46.0. The van der Waals surface area contributed by atoms with Gasteiger partial charge in [0, 0.05) is 45.3 Å². The fourth-order valence-corrected chi connectivity index (χ4v) is 8.28. The van der Waals surface area contributed by atoms with Crippen LogP contribution < -0.4 is 10.2 Å². The molecule has 0 aromatic heterocycles. The topological polar surface area (TPSA) is 149 Å². The molecule has 0 amide bonds. The van der Waals surface area contributed by atoms with E-state index in [2.05, 4.69) is 24.3 Å². The van der Waals surface area contributed by atoms with Crippen molar-refractivity contribution in [2.24, 2.45) is 0 Å². The Labute approximate surface area is 400 Å². The van der Waals surface area contributed by atoms with E-state index >= 15 is 0 Å². The van der Waals surface area contributed by atoms with Gasteiger partial charge < -0.3 is 19.8 Å². The number of benzene rings is 2. The number of allylic oxidation sites excluding steroid dienone is 8. The number of rotatable bonds is 34. The van der Waals surface area contributed by atoms with Crippen molar-refractivity contribution in [1.29, 1.82) is 0 Å². The van der Waals surface area contributed by atoms with Crippen LogP contribution in [0.3, 0.4) is 0 Å². The molecule has 0 fully saturated rings. The number of carbonyl (C=O) groups excluding carboxylic acids is 6. The van der Waals surface area contributed by atoms with Gasteiger partial charge in [0.15, 0.2) is 23.1 Å². The molecule has 0 N–H and O–H groups in total. The van der Waals surface area contributed by atoms with Gasteiger partial charge in [-0.2, -0.15) is 0 Å². The first-order chi connectivity index (χ1) is 31.2. The molecular formula is C56H74CuO8. The first kappa shape index (κ1) is 56.7. The summed E-state index contributed by atoms with van der Waals surface area (Å²) in [6.45, 7) is 0. The van der Waals surface area contributed by atoms with Crippen LogP contribution in [-0.4, -0.2) is 35.1 Å². The molecule has 2 aromatic rings. The summed E-state index contributed by atoms with van der Waals surface area (Å²) < 4.78 is 0. The van der Waals surface area contributed by atoms with Gasteiger partial charge in [-0.15, -0.1) is 0 Å². The first-order valence-electron chi connectivity index (χ1n) is 24.7. The molecule has 9 heteroatoms. The Bertz CT molecular complexity index is 1750. The molecule has 0 atom stereocenters. The number of ketones is 4. The van der Waals surface area contributed by atoms with E-state index in [1.54, 1.807) is 36.4 Å². The normalized spacial score (nSPS) is 13.2. The minimum atomic E-state index is -0.939. The van der Waals surface area contributed by atoms with Crippen LogP contribution in [0.1, 0.15) is 234 Å². The summed E-state index contributed by atoms with van der Waals surface area (Å²) in [7, 11) is 0. The van der Waals surface area contributed by atoms with Crippen molar-refractivity contribution < 1.29 is 56.0 Å². The predicted molar refractivity (Wildman–Crippen MR) is 253 cm³/mol. The summed E-state index contributed by atoms with van der Waals surface area (Å²) in [4.78, 5) is 70.1. The van der Waals surface area contributed by atoms with E-state index in [4.69, 9.17) is 0 Å². The standard InChI is InChI=1S/2C28H38O4.Cu/c2*29-26-22-23(28(32)25-20-17-16-19-24(25)26)18-14-12-10-8-6-4-2-1-3-5-7-9-11-13-15-21-27(30)31;/h2*1,3,16-17,19-20,22H,2,4-15,18,21H2,(H,30,31);/q;;+2/p-2/b2*3-1-;. The molecule has 8 nitrogen and oxygen atoms in total. The van der Waals surface area contributed by atoms with Crippen LogP contribution in [0.15, 0.2) is 96.1 Å². The summed E-state index contributed by atoms with van der Waals surface area (Å²) in [5, 5.41) is 20.6. The van der Waals surface area contributed by atoms with E-state index in [0.29, 0.717) is 46.2 Å². The molecule has 357 valence electrons. The number of fused-ring (bicyclic) bond motifs is 2. The van der Waals surface area contributed by atoms with Gasteiger partial charge in [-0.3, -0.25) is 19.2 Å². The number of Topliss-reactive ketones (excluding diaryl/α,β-unsaturated/α-hetero) is 2. The van der Waals surface area contributed by atoms with Gasteiger partial charge in [0.25, 0.3) is 0 Å². The Hall–Kier alpha value is -4.46. The largest absolute Gasteiger partial charge is 2.00 e. The summed E-state index contributed by atoms with van der Waals surface area (Å²) in [6, 6.07) is 14.2. The zero-order valence-corrected chi connectivity index (χ0v) is 39.8. The van der Waals surface area contributed by atoms with Gasteiger partial charge in [0.2, 0.25) is 0 Å². The fraction of sp³-hybridized carbons (Fsp3) is 0.536. The molecule has 4 rings (SSSR count). The van der Waals surface area contributed by atoms with E-state index in [0.717, 1.165) is 89.9 Å². The monoisotopic (exact) mass is 937 g/mol. The number of aliphatic carboxylic acids is 2. The Kier molecular flexibility index (Phi) is 31.2. The molecule has 2 aliphatic rings. The van der Waals surface area contributed by atoms with Gasteiger partial charge in [0.1, 0.15) is 0 Å². The van der Waals surface area contributed by atoms with E-state index in [-0.39, 0.29) is 53.0 Å². The Morgan fingerprint density at radius 3 is 0.938 bits per heavy atom. The molecule has 65 heavy (non-hydrogen) atoms. The summed E-state index contributed by atoms with van der Waals surface area (Å²) >= 11 is 0. The zero-order valence-electron chi connectivity index (χ0n) is 38.9. The number of carboxylic acid groups (broad SMARTS) is 2. The van der Waals surface area contributed by atoms with Crippen molar-refractivity contribution in [3.05, 3.63) is 118 Å². The number of hydrogen-bond acceptors (Lipinski definition) is 8. The second kappa shape index (κ2) is 35.8. The number of unbranched alkanes of at least 4 members (excludes halogenated alkanes) is 22. The van der Waals surface area contributed by atoms with Gasteiger partial charge in [0.05, 0.1) is 0 Å². The van der Waals surface area contributed by atoms with Crippen LogP contribution in [0.2, 0.25) is 0 Å². The second-order valence-electron chi connectivity index (χ2n) is 17.4. The molecule has 1 radical (unpaired) electrons. The predicted octanol–water partition coefficient (Wildman–Crippen LogP) is 12.3. The van der Waals surface area contributed by atoms with Crippen LogP contribution in [0.5, 0.6) is 0 Å². The minimum absolute atomic E-state index is 0. The second-order valence-corrected chi connectivity index (χ2v) is 17.4. The quantitative estimate of drug-likeness (QED) is 0.0382. The van der Waals surface area contributed by atoms with Gasteiger partial charge in [-0.25, -0.2) is 0 Å². The molecule has 0 unspecified atom stereocenters. The summed E-state index contributed by atoms with van der Waals surface area (Å²) in [5.41, 5.74) is 3.49. The summed E-state index contributed by atoms with van der Waals surface area (Å²) in [5.74, 6) is -1.93. The Balaban J connectivity index is 0.000000440. The molecule has 0 spiro atoms. The first-order valence-corrected chi connectivity index (χ1v) is 24.7. The van der Waals surface area contributed by atoms with Crippen molar-refractivity contribution in [1.82, 2.24) is 0 Å². The van der Waals surface area contributed by atoms with Gasteiger partial charge in [-0.1, -0.05) is 163 Å². The third-order valence-electron chi connectivity index (χ3n) is 12.0. The van der Waals surface area contributed by atoms with Crippen LogP contribution in [0, 0.1) is 0 Å². The van der Waals surface area contributed by atoms with Crippen molar-refractivity contribution in [3.8, 4) is 0 Å². The maximum absolute atomic E-state index is 12.5. The van der Waals surface area contributed by atoms with E-state index < -0.39 is 11.9 Å². The van der Waals surface area contributed by atoms with Crippen molar-refractivity contribution in [2.75, 3.05) is 0 Å². The van der Waals surface area contributed by atoms with Crippen LogP contribution in [-0.2, 0) is 26.7 Å². The number of carbonyl (C=O) groups is 6. The van der Waals surface area contributed by atoms with E-state index in [9.17, 15) is 39.0 Å². The summed E-state index contributed by atoms with van der Waals surface area (Å²) in [6.07, 6.45) is 42.6. The molecule has 0 bridgehead atoms. The number of carboxylic acids is 2. The smallest absolute Gasteiger partial charge is 0.550 e. The minimum Gasteiger partial charge on any atom is -0.550 e. The molecule has 0 saturated heterocycles. The third-order valence-corrected chi connectivity index (χ3v) is 12.0. The van der Waals surface area contributed by atoms with Gasteiger partial charge in [-0.05, 0) is 115 Å². The Morgan fingerprint density at radius 2 is 0.631 bits per heavy atom. The molecule has 0 heterocycles. The SMILES string of the molecule is O=C([O-])CCCCCCC/C=C\CCCCCCCCC1=CC(=O)c2ccccc2C1=O.O=C([O-])CCCCCCC/C=C\CCCCCCCCC1=CC(=O)c2ccccc2C1=O.[Cu+2]. The van der Waals surface area contributed by atoms with Crippen LogP contribution in [0.25, 0.3) is 0 Å². The maximum atomic E-state index is 12.5. The Morgan fingerprint density at radius 1 is 0.369 bits per heavy atom. The molecular weight excluding hydrogens is 864 g/mol. The van der Waals surface area contributed by atoms with E-state index in [1.807, 2.05) is 12.1 Å². The van der Waals surface area contributed by atoms with Crippen molar-refractivity contribution in [3.63, 3.8) is 0 Å². The average molecular weight is 939 g/mol. The fourth-order valence-electron chi connectivity index (χ4n) is 8.28. The van der Waals surface area contributed by atoms with Crippen molar-refractivity contribution in [2.45, 2.75) is 193 Å².